The number of carbonyl (C=O) groups excluding carboxylic acids is 1. The Hall–Kier alpha value is -4.34. The van der Waals surface area contributed by atoms with Crippen LogP contribution in [0.1, 0.15) is 11.1 Å². The van der Waals surface area contributed by atoms with Crippen molar-refractivity contribution in [2.24, 2.45) is 0 Å². The van der Waals surface area contributed by atoms with E-state index in [0.717, 1.165) is 18.2 Å². The molecule has 4 aromatic rings. The average molecular weight is 494 g/mol. The topological polar surface area (TPSA) is 76.6 Å². The quantitative estimate of drug-likeness (QED) is 0.409. The summed E-state index contributed by atoms with van der Waals surface area (Å²) in [6.45, 7) is 0.235. The Morgan fingerprint density at radius 1 is 1.03 bits per heavy atom. The molecule has 0 atom stereocenters. The van der Waals surface area contributed by atoms with Crippen LogP contribution in [0.25, 0.3) is 10.9 Å². The number of nitrogens with zero attached hydrogens (tertiary/aromatic N) is 3. The van der Waals surface area contributed by atoms with Crippen LogP contribution >= 0.6 is 0 Å². The lowest BCUT2D eigenvalue weighted by molar-refractivity contribution is -0.117. The summed E-state index contributed by atoms with van der Waals surface area (Å²) in [6, 6.07) is 9.51. The van der Waals surface area contributed by atoms with E-state index < -0.39 is 23.4 Å². The SMILES string of the molecule is COc1cc2ncnc(Nc3ccc4c(c3F)CCN4C(=O)Cc3cc(F)ccc3F)c2cc1OC. The summed E-state index contributed by atoms with van der Waals surface area (Å²) in [4.78, 5) is 22.7. The number of rotatable bonds is 6. The number of amides is 1. The molecule has 0 bridgehead atoms. The Kier molecular flexibility index (Phi) is 6.09. The fourth-order valence-electron chi connectivity index (χ4n) is 4.35. The normalized spacial score (nSPS) is 12.5. The van der Waals surface area contributed by atoms with Crippen molar-refractivity contribution in [3.05, 3.63) is 77.4 Å². The minimum atomic E-state index is -0.666. The van der Waals surface area contributed by atoms with E-state index in [9.17, 15) is 13.6 Å². The summed E-state index contributed by atoms with van der Waals surface area (Å²) in [5.41, 5.74) is 1.46. The summed E-state index contributed by atoms with van der Waals surface area (Å²) >= 11 is 0. The van der Waals surface area contributed by atoms with E-state index in [1.54, 1.807) is 18.2 Å². The van der Waals surface area contributed by atoms with Gasteiger partial charge in [0.1, 0.15) is 23.8 Å². The highest BCUT2D eigenvalue weighted by Crippen LogP contribution is 2.38. The molecule has 1 N–H and O–H groups in total. The van der Waals surface area contributed by atoms with Crippen LogP contribution in [-0.4, -0.2) is 36.6 Å². The van der Waals surface area contributed by atoms with Gasteiger partial charge in [0.05, 0.1) is 31.8 Å². The second kappa shape index (κ2) is 9.37. The predicted molar refractivity (Wildman–Crippen MR) is 128 cm³/mol. The molecule has 7 nitrogen and oxygen atoms in total. The van der Waals surface area contributed by atoms with Crippen LogP contribution in [0.5, 0.6) is 11.5 Å². The second-order valence-electron chi connectivity index (χ2n) is 8.20. The van der Waals surface area contributed by atoms with Gasteiger partial charge in [-0.05, 0) is 42.8 Å². The molecule has 1 aliphatic heterocycles. The molecule has 1 amide bonds. The molecular weight excluding hydrogens is 473 g/mol. The van der Waals surface area contributed by atoms with Gasteiger partial charge < -0.3 is 19.7 Å². The Balaban J connectivity index is 1.43. The zero-order valence-corrected chi connectivity index (χ0v) is 19.4. The van der Waals surface area contributed by atoms with Crippen LogP contribution in [0.3, 0.4) is 0 Å². The third-order valence-corrected chi connectivity index (χ3v) is 6.14. The van der Waals surface area contributed by atoms with Crippen LogP contribution < -0.4 is 19.7 Å². The standard InChI is InChI=1S/C26H21F3N4O3/c1-35-22-11-17-20(12-23(22)36-2)30-13-31-26(17)32-19-5-6-21-16(25(19)29)7-8-33(21)24(34)10-14-9-15(27)3-4-18(14)28/h3-6,9,11-13H,7-8,10H2,1-2H3,(H,30,31,32). The molecule has 0 spiro atoms. The highest BCUT2D eigenvalue weighted by atomic mass is 19.1. The summed E-state index contributed by atoms with van der Waals surface area (Å²) < 4.78 is 53.7. The molecule has 0 saturated heterocycles. The molecular formula is C26H21F3N4O3. The van der Waals surface area contributed by atoms with E-state index in [4.69, 9.17) is 9.47 Å². The fourth-order valence-corrected chi connectivity index (χ4v) is 4.35. The van der Waals surface area contributed by atoms with E-state index in [-0.39, 0.29) is 30.6 Å². The number of methoxy groups -OCH3 is 2. The number of anilines is 3. The van der Waals surface area contributed by atoms with Gasteiger partial charge in [-0.1, -0.05) is 0 Å². The third kappa shape index (κ3) is 4.15. The zero-order valence-electron chi connectivity index (χ0n) is 19.4. The molecule has 36 heavy (non-hydrogen) atoms. The number of nitrogens with one attached hydrogen (secondary N) is 1. The number of ether oxygens (including phenoxy) is 2. The summed E-state index contributed by atoms with van der Waals surface area (Å²) in [5, 5.41) is 3.62. The van der Waals surface area contributed by atoms with Gasteiger partial charge in [0.2, 0.25) is 5.91 Å². The maximum Gasteiger partial charge on any atom is 0.231 e. The van der Waals surface area contributed by atoms with Crippen LogP contribution in [0.4, 0.5) is 30.4 Å². The lowest BCUT2D eigenvalue weighted by atomic mass is 10.1. The van der Waals surface area contributed by atoms with E-state index in [1.807, 2.05) is 0 Å². The van der Waals surface area contributed by atoms with Gasteiger partial charge >= 0.3 is 0 Å². The minimum Gasteiger partial charge on any atom is -0.493 e. The number of halogens is 3. The molecule has 5 rings (SSSR count). The van der Waals surface area contributed by atoms with Gasteiger partial charge in [-0.25, -0.2) is 23.1 Å². The van der Waals surface area contributed by atoms with Gasteiger partial charge in [0.15, 0.2) is 17.3 Å². The van der Waals surface area contributed by atoms with Crippen LogP contribution in [0, 0.1) is 17.5 Å². The maximum atomic E-state index is 15.5. The number of hydrogen-bond acceptors (Lipinski definition) is 6. The van der Waals surface area contributed by atoms with E-state index in [1.165, 1.54) is 31.5 Å². The van der Waals surface area contributed by atoms with Gasteiger partial charge in [-0.2, -0.15) is 0 Å². The monoisotopic (exact) mass is 494 g/mol. The molecule has 0 saturated carbocycles. The van der Waals surface area contributed by atoms with E-state index in [0.29, 0.717) is 39.5 Å². The molecule has 0 aliphatic carbocycles. The molecule has 0 unspecified atom stereocenters. The Morgan fingerprint density at radius 3 is 2.58 bits per heavy atom. The van der Waals surface area contributed by atoms with Crippen LogP contribution in [0.2, 0.25) is 0 Å². The highest BCUT2D eigenvalue weighted by Gasteiger charge is 2.29. The number of fused-ring (bicyclic) bond motifs is 2. The fraction of sp³-hybridized carbons (Fsp3) is 0.192. The Labute approximate surface area is 204 Å². The number of aromatic nitrogens is 2. The lowest BCUT2D eigenvalue weighted by Gasteiger charge is -2.18. The average Bonchev–Trinajstić information content (AvgIpc) is 3.32. The highest BCUT2D eigenvalue weighted by molar-refractivity contribution is 5.97. The van der Waals surface area contributed by atoms with Crippen molar-refractivity contribution in [1.82, 2.24) is 9.97 Å². The van der Waals surface area contributed by atoms with E-state index >= 15 is 4.39 Å². The van der Waals surface area contributed by atoms with Crippen molar-refractivity contribution in [2.45, 2.75) is 12.8 Å². The maximum absolute atomic E-state index is 15.5. The molecule has 10 heteroatoms. The van der Waals surface area contributed by atoms with Crippen molar-refractivity contribution in [3.63, 3.8) is 0 Å². The first-order chi connectivity index (χ1) is 17.4. The van der Waals surface area contributed by atoms with Crippen LogP contribution in [0.15, 0.2) is 48.8 Å². The predicted octanol–water partition coefficient (Wildman–Crippen LogP) is 4.94. The largest absolute Gasteiger partial charge is 0.493 e. The molecule has 1 aromatic heterocycles. The summed E-state index contributed by atoms with van der Waals surface area (Å²) in [5.74, 6) is -0.916. The van der Waals surface area contributed by atoms with Gasteiger partial charge in [-0.15, -0.1) is 0 Å². The van der Waals surface area contributed by atoms with Crippen molar-refractivity contribution in [1.29, 1.82) is 0 Å². The van der Waals surface area contributed by atoms with Crippen molar-refractivity contribution in [3.8, 4) is 11.5 Å². The van der Waals surface area contributed by atoms with Crippen molar-refractivity contribution < 1.29 is 27.4 Å². The zero-order chi connectivity index (χ0) is 25.4. The van der Waals surface area contributed by atoms with Crippen molar-refractivity contribution in [2.75, 3.05) is 31.0 Å². The first kappa shape index (κ1) is 23.4. The van der Waals surface area contributed by atoms with Crippen LogP contribution in [-0.2, 0) is 17.6 Å². The Morgan fingerprint density at radius 2 is 1.81 bits per heavy atom. The third-order valence-electron chi connectivity index (χ3n) is 6.14. The first-order valence-corrected chi connectivity index (χ1v) is 11.1. The number of hydrogen-bond donors (Lipinski definition) is 1. The molecule has 1 aliphatic rings. The van der Waals surface area contributed by atoms with Crippen molar-refractivity contribution >= 4 is 34.0 Å². The van der Waals surface area contributed by atoms with Gasteiger partial charge in [-0.3, -0.25) is 4.79 Å². The number of benzene rings is 3. The van der Waals surface area contributed by atoms with Gasteiger partial charge in [0, 0.05) is 34.8 Å². The lowest BCUT2D eigenvalue weighted by Crippen LogP contribution is -2.30. The number of carbonyl (C=O) groups is 1. The minimum absolute atomic E-state index is 0.0464. The smallest absolute Gasteiger partial charge is 0.231 e. The first-order valence-electron chi connectivity index (χ1n) is 11.1. The molecule has 2 heterocycles. The summed E-state index contributed by atoms with van der Waals surface area (Å²) in [6.07, 6.45) is 1.31. The summed E-state index contributed by atoms with van der Waals surface area (Å²) in [7, 11) is 3.03. The molecule has 0 fully saturated rings. The molecule has 184 valence electrons. The van der Waals surface area contributed by atoms with Gasteiger partial charge in [0.25, 0.3) is 0 Å². The molecule has 0 radical (unpaired) electrons. The van der Waals surface area contributed by atoms with E-state index in [2.05, 4.69) is 15.3 Å². The second-order valence-corrected chi connectivity index (χ2v) is 8.20. The molecule has 3 aromatic carbocycles. The Bertz CT molecular complexity index is 1500.